The molecule has 1 heteroatoms. The SMILES string of the molecule is CCCCc1ccc2ccccc2c1CCCC.F. The van der Waals surface area contributed by atoms with E-state index in [9.17, 15) is 0 Å². The summed E-state index contributed by atoms with van der Waals surface area (Å²) in [4.78, 5) is 0. The number of halogens is 1. The number of fused-ring (bicyclic) bond motifs is 1. The molecule has 0 nitrogen and oxygen atoms in total. The van der Waals surface area contributed by atoms with Crippen LogP contribution in [0.4, 0.5) is 4.70 Å². The van der Waals surface area contributed by atoms with Crippen molar-refractivity contribution < 1.29 is 4.70 Å². The number of aryl methyl sites for hydroxylation is 2. The van der Waals surface area contributed by atoms with Crippen molar-refractivity contribution in [3.05, 3.63) is 47.5 Å². The fourth-order valence-corrected chi connectivity index (χ4v) is 2.63. The predicted octanol–water partition coefficient (Wildman–Crippen LogP) is 5.68. The lowest BCUT2D eigenvalue weighted by Crippen LogP contribution is -1.96. The van der Waals surface area contributed by atoms with Crippen molar-refractivity contribution >= 4 is 10.8 Å². The topological polar surface area (TPSA) is 0 Å². The molecule has 0 N–H and O–H groups in total. The Balaban J connectivity index is 0.00000180. The molecule has 0 heterocycles. The van der Waals surface area contributed by atoms with E-state index in [1.54, 1.807) is 11.1 Å². The van der Waals surface area contributed by atoms with Gasteiger partial charge in [0.2, 0.25) is 0 Å². The third-order valence-electron chi connectivity index (χ3n) is 3.72. The fraction of sp³-hybridized carbons (Fsp3) is 0.444. The molecule has 2 rings (SSSR count). The van der Waals surface area contributed by atoms with E-state index in [0.29, 0.717) is 0 Å². The van der Waals surface area contributed by atoms with E-state index >= 15 is 0 Å². The summed E-state index contributed by atoms with van der Waals surface area (Å²) < 4.78 is 0. The zero-order valence-electron chi connectivity index (χ0n) is 12.1. The molecule has 0 aliphatic rings. The molecule has 19 heavy (non-hydrogen) atoms. The highest BCUT2D eigenvalue weighted by molar-refractivity contribution is 5.86. The summed E-state index contributed by atoms with van der Waals surface area (Å²) in [5.41, 5.74) is 3.17. The van der Waals surface area contributed by atoms with Crippen molar-refractivity contribution in [1.82, 2.24) is 0 Å². The van der Waals surface area contributed by atoms with Crippen molar-refractivity contribution in [2.45, 2.75) is 52.4 Å². The Morgan fingerprint density at radius 3 is 2.21 bits per heavy atom. The lowest BCUT2D eigenvalue weighted by Gasteiger charge is -2.13. The van der Waals surface area contributed by atoms with Gasteiger partial charge in [-0.15, -0.1) is 0 Å². The van der Waals surface area contributed by atoms with Gasteiger partial charge in [-0.05, 0) is 47.6 Å². The van der Waals surface area contributed by atoms with Crippen LogP contribution in [0.1, 0.15) is 50.7 Å². The highest BCUT2D eigenvalue weighted by Gasteiger charge is 2.06. The Bertz CT molecular complexity index is 502. The van der Waals surface area contributed by atoms with Crippen LogP contribution in [0.2, 0.25) is 0 Å². The van der Waals surface area contributed by atoms with Crippen molar-refractivity contribution in [3.63, 3.8) is 0 Å². The first-order valence-corrected chi connectivity index (χ1v) is 7.36. The number of rotatable bonds is 6. The molecule has 0 saturated heterocycles. The van der Waals surface area contributed by atoms with E-state index in [-0.39, 0.29) is 4.70 Å². The Morgan fingerprint density at radius 1 is 0.789 bits per heavy atom. The summed E-state index contributed by atoms with van der Waals surface area (Å²) in [5.74, 6) is 0. The quantitative estimate of drug-likeness (QED) is 0.627. The van der Waals surface area contributed by atoms with Crippen LogP contribution in [0.15, 0.2) is 36.4 Å². The number of benzene rings is 2. The predicted molar refractivity (Wildman–Crippen MR) is 83.7 cm³/mol. The van der Waals surface area contributed by atoms with Gasteiger partial charge in [0.15, 0.2) is 0 Å². The van der Waals surface area contributed by atoms with Gasteiger partial charge >= 0.3 is 0 Å². The maximum atomic E-state index is 2.35. The summed E-state index contributed by atoms with van der Waals surface area (Å²) >= 11 is 0. The molecule has 0 radical (unpaired) electrons. The molecule has 0 atom stereocenters. The summed E-state index contributed by atoms with van der Waals surface area (Å²) in [6.07, 6.45) is 7.62. The lowest BCUT2D eigenvalue weighted by molar-refractivity contribution is 0.762. The number of unbranched alkanes of at least 4 members (excludes halogenated alkanes) is 2. The smallest absolute Gasteiger partial charge is 0.0149 e. The van der Waals surface area contributed by atoms with Gasteiger partial charge in [-0.2, -0.15) is 0 Å². The Kier molecular flexibility index (Phi) is 6.55. The molecular formula is C18H25F. The van der Waals surface area contributed by atoms with Crippen LogP contribution in [0.5, 0.6) is 0 Å². The molecule has 0 aliphatic carbocycles. The highest BCUT2D eigenvalue weighted by atomic mass is 19.0. The van der Waals surface area contributed by atoms with Gasteiger partial charge in [0.05, 0.1) is 0 Å². The molecule has 0 bridgehead atoms. The number of hydrogen-bond donors (Lipinski definition) is 0. The minimum Gasteiger partial charge on any atom is -0.269 e. The zero-order valence-corrected chi connectivity index (χ0v) is 12.1. The molecule has 0 amide bonds. The molecule has 0 aliphatic heterocycles. The van der Waals surface area contributed by atoms with Gasteiger partial charge in [0.25, 0.3) is 0 Å². The molecule has 104 valence electrons. The maximum Gasteiger partial charge on any atom is -0.0149 e. The summed E-state index contributed by atoms with van der Waals surface area (Å²) in [7, 11) is 0. The monoisotopic (exact) mass is 260 g/mol. The average molecular weight is 260 g/mol. The maximum absolute atomic E-state index is 2.35. The molecule has 0 spiro atoms. The molecule has 2 aromatic rings. The van der Waals surface area contributed by atoms with Crippen molar-refractivity contribution in [1.29, 1.82) is 0 Å². The van der Waals surface area contributed by atoms with Crippen LogP contribution >= 0.6 is 0 Å². The Hall–Kier alpha value is -1.37. The van der Waals surface area contributed by atoms with Crippen LogP contribution in [0.3, 0.4) is 0 Å². The van der Waals surface area contributed by atoms with Gasteiger partial charge in [0, 0.05) is 0 Å². The third-order valence-corrected chi connectivity index (χ3v) is 3.72. The Morgan fingerprint density at radius 2 is 1.47 bits per heavy atom. The number of hydrogen-bond acceptors (Lipinski definition) is 0. The van der Waals surface area contributed by atoms with Crippen LogP contribution < -0.4 is 0 Å². The summed E-state index contributed by atoms with van der Waals surface area (Å²) in [5, 5.41) is 2.86. The lowest BCUT2D eigenvalue weighted by atomic mass is 9.92. The fourth-order valence-electron chi connectivity index (χ4n) is 2.63. The molecule has 0 fully saturated rings. The third kappa shape index (κ3) is 3.79. The largest absolute Gasteiger partial charge is 0.269 e. The van der Waals surface area contributed by atoms with Crippen molar-refractivity contribution in [2.75, 3.05) is 0 Å². The minimum atomic E-state index is 0. The molecule has 0 unspecified atom stereocenters. The van der Waals surface area contributed by atoms with Gasteiger partial charge in [-0.3, -0.25) is 4.70 Å². The van der Waals surface area contributed by atoms with Crippen molar-refractivity contribution in [2.24, 2.45) is 0 Å². The average Bonchev–Trinajstić information content (AvgIpc) is 2.43. The van der Waals surface area contributed by atoms with E-state index in [2.05, 4.69) is 50.2 Å². The summed E-state index contributed by atoms with van der Waals surface area (Å²) in [6.45, 7) is 4.55. The zero-order chi connectivity index (χ0) is 12.8. The van der Waals surface area contributed by atoms with E-state index < -0.39 is 0 Å². The van der Waals surface area contributed by atoms with E-state index in [0.717, 1.165) is 0 Å². The van der Waals surface area contributed by atoms with E-state index in [1.165, 1.54) is 49.3 Å². The molecule has 0 saturated carbocycles. The van der Waals surface area contributed by atoms with E-state index in [1.807, 2.05) is 0 Å². The highest BCUT2D eigenvalue weighted by Crippen LogP contribution is 2.25. The van der Waals surface area contributed by atoms with Crippen LogP contribution in [-0.4, -0.2) is 0 Å². The second kappa shape index (κ2) is 7.93. The standard InChI is InChI=1S/C18H24.FH/c1-3-5-9-15-13-14-16-10-7-8-12-18(16)17(15)11-6-4-2;/h7-8,10,12-14H,3-6,9,11H2,1-2H3;1H. The second-order valence-corrected chi connectivity index (χ2v) is 5.13. The minimum absolute atomic E-state index is 0. The molecular weight excluding hydrogens is 235 g/mol. The van der Waals surface area contributed by atoms with Crippen LogP contribution in [-0.2, 0) is 12.8 Å². The first-order valence-electron chi connectivity index (χ1n) is 7.36. The van der Waals surface area contributed by atoms with Gasteiger partial charge in [-0.25, -0.2) is 0 Å². The van der Waals surface area contributed by atoms with Crippen molar-refractivity contribution in [3.8, 4) is 0 Å². The van der Waals surface area contributed by atoms with E-state index in [4.69, 9.17) is 0 Å². The first kappa shape index (κ1) is 15.7. The van der Waals surface area contributed by atoms with Crippen LogP contribution in [0, 0.1) is 0 Å². The van der Waals surface area contributed by atoms with Gasteiger partial charge in [-0.1, -0.05) is 63.1 Å². The van der Waals surface area contributed by atoms with Gasteiger partial charge in [0.1, 0.15) is 0 Å². The van der Waals surface area contributed by atoms with Crippen LogP contribution in [0.25, 0.3) is 10.8 Å². The van der Waals surface area contributed by atoms with Gasteiger partial charge < -0.3 is 0 Å². The summed E-state index contributed by atoms with van der Waals surface area (Å²) in [6, 6.07) is 13.5. The molecule has 0 aromatic heterocycles. The Labute approximate surface area is 116 Å². The normalized spacial score (nSPS) is 10.4. The molecule has 2 aromatic carbocycles. The first-order chi connectivity index (χ1) is 8.86. The second-order valence-electron chi connectivity index (χ2n) is 5.13.